The number of carbonyl (C=O) groups is 1. The summed E-state index contributed by atoms with van der Waals surface area (Å²) in [5.74, 6) is 0. The van der Waals surface area contributed by atoms with Crippen molar-refractivity contribution in [2.75, 3.05) is 26.5 Å². The maximum Gasteiger partial charge on any atom is 0.319 e. The number of hydrogen-bond donors (Lipinski definition) is 2. The van der Waals surface area contributed by atoms with E-state index in [9.17, 15) is 4.79 Å². The number of urea groups is 1. The third-order valence-corrected chi connectivity index (χ3v) is 5.83. The SMILES string of the molecule is CN(C)Cc1cccc(CNC(=O)Nc2ccccc2CN(C)C2CCCCC2)c1. The summed E-state index contributed by atoms with van der Waals surface area (Å²) in [6, 6.07) is 17.0. The van der Waals surface area contributed by atoms with E-state index in [2.05, 4.69) is 59.8 Å². The van der Waals surface area contributed by atoms with Crippen molar-refractivity contribution >= 4 is 11.7 Å². The zero-order chi connectivity index (χ0) is 21.3. The molecule has 0 saturated heterocycles. The third kappa shape index (κ3) is 6.85. The predicted molar refractivity (Wildman–Crippen MR) is 124 cm³/mol. The molecule has 5 heteroatoms. The van der Waals surface area contributed by atoms with Crippen molar-refractivity contribution < 1.29 is 4.79 Å². The molecule has 0 radical (unpaired) electrons. The van der Waals surface area contributed by atoms with Crippen LogP contribution in [0, 0.1) is 0 Å². The summed E-state index contributed by atoms with van der Waals surface area (Å²) in [6.45, 7) is 2.26. The first-order valence-electron chi connectivity index (χ1n) is 11.1. The lowest BCUT2D eigenvalue weighted by atomic mass is 9.94. The highest BCUT2D eigenvalue weighted by atomic mass is 16.2. The van der Waals surface area contributed by atoms with Crippen molar-refractivity contribution in [2.45, 2.75) is 57.8 Å². The summed E-state index contributed by atoms with van der Waals surface area (Å²) >= 11 is 0. The lowest BCUT2D eigenvalue weighted by Gasteiger charge is -2.31. The van der Waals surface area contributed by atoms with E-state index >= 15 is 0 Å². The van der Waals surface area contributed by atoms with Crippen LogP contribution in [0.2, 0.25) is 0 Å². The quantitative estimate of drug-likeness (QED) is 0.657. The van der Waals surface area contributed by atoms with Gasteiger partial charge in [0.2, 0.25) is 0 Å². The van der Waals surface area contributed by atoms with Crippen molar-refractivity contribution in [3.63, 3.8) is 0 Å². The topological polar surface area (TPSA) is 47.6 Å². The Bertz CT molecular complexity index is 814. The minimum absolute atomic E-state index is 0.166. The summed E-state index contributed by atoms with van der Waals surface area (Å²) in [5.41, 5.74) is 4.40. The van der Waals surface area contributed by atoms with Crippen LogP contribution in [-0.4, -0.2) is 43.0 Å². The second-order valence-corrected chi connectivity index (χ2v) is 8.73. The number of nitrogens with one attached hydrogen (secondary N) is 2. The molecule has 1 fully saturated rings. The first-order chi connectivity index (χ1) is 14.5. The van der Waals surface area contributed by atoms with Gasteiger partial charge in [-0.25, -0.2) is 4.79 Å². The second-order valence-electron chi connectivity index (χ2n) is 8.73. The van der Waals surface area contributed by atoms with Gasteiger partial charge < -0.3 is 15.5 Å². The molecule has 1 aliphatic carbocycles. The third-order valence-electron chi connectivity index (χ3n) is 5.83. The summed E-state index contributed by atoms with van der Waals surface area (Å²) in [7, 11) is 6.32. The van der Waals surface area contributed by atoms with Crippen LogP contribution in [0.3, 0.4) is 0 Å². The van der Waals surface area contributed by atoms with Crippen LogP contribution >= 0.6 is 0 Å². The van der Waals surface area contributed by atoms with E-state index in [1.54, 1.807) is 0 Å². The monoisotopic (exact) mass is 408 g/mol. The molecule has 0 spiro atoms. The van der Waals surface area contributed by atoms with Crippen molar-refractivity contribution in [3.05, 3.63) is 65.2 Å². The maximum absolute atomic E-state index is 12.5. The van der Waals surface area contributed by atoms with Crippen molar-refractivity contribution in [3.8, 4) is 0 Å². The number of anilines is 1. The molecule has 30 heavy (non-hydrogen) atoms. The van der Waals surface area contributed by atoms with Crippen LogP contribution in [0.1, 0.15) is 48.8 Å². The predicted octanol–water partition coefficient (Wildman–Crippen LogP) is 4.83. The Morgan fingerprint density at radius 3 is 2.43 bits per heavy atom. The highest BCUT2D eigenvalue weighted by Crippen LogP contribution is 2.24. The number of amides is 2. The molecule has 0 aromatic heterocycles. The van der Waals surface area contributed by atoms with Gasteiger partial charge in [0.15, 0.2) is 0 Å². The van der Waals surface area contributed by atoms with E-state index in [4.69, 9.17) is 0 Å². The average molecular weight is 409 g/mol. The molecule has 0 bridgehead atoms. The molecule has 0 atom stereocenters. The van der Waals surface area contributed by atoms with Crippen LogP contribution in [0.4, 0.5) is 10.5 Å². The van der Waals surface area contributed by atoms with E-state index in [1.807, 2.05) is 30.3 Å². The van der Waals surface area contributed by atoms with E-state index in [1.165, 1.54) is 37.7 Å². The van der Waals surface area contributed by atoms with Gasteiger partial charge in [0, 0.05) is 31.4 Å². The van der Waals surface area contributed by atoms with Crippen LogP contribution in [0.15, 0.2) is 48.5 Å². The summed E-state index contributed by atoms with van der Waals surface area (Å²) in [4.78, 5) is 17.1. The zero-order valence-electron chi connectivity index (χ0n) is 18.7. The minimum atomic E-state index is -0.166. The molecule has 2 aromatic carbocycles. The van der Waals surface area contributed by atoms with Gasteiger partial charge in [-0.3, -0.25) is 4.90 Å². The highest BCUT2D eigenvalue weighted by molar-refractivity contribution is 5.90. The fraction of sp³-hybridized carbons (Fsp3) is 0.480. The Labute approximate surface area is 181 Å². The van der Waals surface area contributed by atoms with Crippen LogP contribution in [0.25, 0.3) is 0 Å². The number of carbonyl (C=O) groups excluding carboxylic acids is 1. The number of nitrogens with zero attached hydrogens (tertiary/aromatic N) is 2. The molecule has 162 valence electrons. The number of rotatable bonds is 8. The van der Waals surface area contributed by atoms with Gasteiger partial charge in [-0.05, 0) is 56.7 Å². The lowest BCUT2D eigenvalue weighted by Crippen LogP contribution is -2.33. The standard InChI is InChI=1S/C25H36N4O/c1-28(2)18-21-11-9-10-20(16-21)17-26-25(30)27-24-15-8-7-12-22(24)19-29(3)23-13-5-4-6-14-23/h7-12,15-16,23H,4-6,13-14,17-19H2,1-3H3,(H2,26,27,30). The van der Waals surface area contributed by atoms with Crippen LogP contribution in [-0.2, 0) is 19.6 Å². The Morgan fingerprint density at radius 2 is 1.67 bits per heavy atom. The average Bonchev–Trinajstić information content (AvgIpc) is 2.74. The molecule has 0 aliphatic heterocycles. The van der Waals surface area contributed by atoms with Gasteiger partial charge in [0.1, 0.15) is 0 Å². The van der Waals surface area contributed by atoms with Gasteiger partial charge in [0.05, 0.1) is 0 Å². The highest BCUT2D eigenvalue weighted by Gasteiger charge is 2.19. The molecule has 0 unspecified atom stereocenters. The van der Waals surface area contributed by atoms with Gasteiger partial charge in [-0.1, -0.05) is 61.7 Å². The van der Waals surface area contributed by atoms with E-state index < -0.39 is 0 Å². The molecule has 2 amide bonds. The summed E-state index contributed by atoms with van der Waals surface area (Å²) in [5, 5.41) is 6.05. The molecule has 3 rings (SSSR count). The summed E-state index contributed by atoms with van der Waals surface area (Å²) in [6.07, 6.45) is 6.57. The zero-order valence-corrected chi connectivity index (χ0v) is 18.7. The molecule has 0 heterocycles. The fourth-order valence-corrected chi connectivity index (χ4v) is 4.25. The van der Waals surface area contributed by atoms with Crippen molar-refractivity contribution in [1.29, 1.82) is 0 Å². The Kier molecular flexibility index (Phi) is 8.29. The van der Waals surface area contributed by atoms with Crippen LogP contribution < -0.4 is 10.6 Å². The van der Waals surface area contributed by atoms with Crippen molar-refractivity contribution in [2.24, 2.45) is 0 Å². The molecule has 5 nitrogen and oxygen atoms in total. The second kappa shape index (κ2) is 11.1. The van der Waals surface area contributed by atoms with E-state index in [0.29, 0.717) is 12.6 Å². The lowest BCUT2D eigenvalue weighted by molar-refractivity contribution is 0.185. The molecule has 1 aliphatic rings. The molecule has 1 saturated carbocycles. The molecule has 2 N–H and O–H groups in total. The van der Waals surface area contributed by atoms with Crippen molar-refractivity contribution in [1.82, 2.24) is 15.1 Å². The smallest absolute Gasteiger partial charge is 0.319 e. The first-order valence-corrected chi connectivity index (χ1v) is 11.1. The fourth-order valence-electron chi connectivity index (χ4n) is 4.25. The van der Waals surface area contributed by atoms with E-state index in [0.717, 1.165) is 29.9 Å². The van der Waals surface area contributed by atoms with Crippen LogP contribution in [0.5, 0.6) is 0 Å². The Balaban J connectivity index is 1.55. The molecular weight excluding hydrogens is 372 g/mol. The minimum Gasteiger partial charge on any atom is -0.334 e. The normalized spacial score (nSPS) is 14.8. The van der Waals surface area contributed by atoms with Gasteiger partial charge in [0.25, 0.3) is 0 Å². The molecular formula is C25H36N4O. The maximum atomic E-state index is 12.5. The van der Waals surface area contributed by atoms with Gasteiger partial charge in [-0.2, -0.15) is 0 Å². The molecule has 2 aromatic rings. The first kappa shape index (κ1) is 22.3. The largest absolute Gasteiger partial charge is 0.334 e. The Morgan fingerprint density at radius 1 is 0.933 bits per heavy atom. The van der Waals surface area contributed by atoms with Gasteiger partial charge in [-0.15, -0.1) is 0 Å². The number of benzene rings is 2. The number of hydrogen-bond acceptors (Lipinski definition) is 3. The number of para-hydroxylation sites is 1. The Hall–Kier alpha value is -2.37. The van der Waals surface area contributed by atoms with E-state index in [-0.39, 0.29) is 6.03 Å². The summed E-state index contributed by atoms with van der Waals surface area (Å²) < 4.78 is 0. The van der Waals surface area contributed by atoms with Gasteiger partial charge >= 0.3 is 6.03 Å².